The third-order valence-electron chi connectivity index (χ3n) is 4.72. The van der Waals surface area contributed by atoms with Crippen LogP contribution in [0.3, 0.4) is 0 Å². The van der Waals surface area contributed by atoms with Crippen molar-refractivity contribution in [3.63, 3.8) is 0 Å². The summed E-state index contributed by atoms with van der Waals surface area (Å²) < 4.78 is 1.95. The summed E-state index contributed by atoms with van der Waals surface area (Å²) in [5, 5.41) is 4.18. The van der Waals surface area contributed by atoms with Gasteiger partial charge in [0.05, 0.1) is 0 Å². The van der Waals surface area contributed by atoms with Crippen LogP contribution in [0.15, 0.2) is 43.0 Å². The minimum Gasteiger partial charge on any atom is -0.303 e. The largest absolute Gasteiger partial charge is 0.303 e. The van der Waals surface area contributed by atoms with Crippen molar-refractivity contribution < 1.29 is 0 Å². The zero-order chi connectivity index (χ0) is 15.0. The molecule has 2 aromatic rings. The van der Waals surface area contributed by atoms with Crippen LogP contribution in [0.5, 0.6) is 0 Å². The number of aromatic nitrogens is 3. The van der Waals surface area contributed by atoms with Gasteiger partial charge in [0, 0.05) is 6.54 Å². The number of nitrogens with zero attached hydrogens (tertiary/aromatic N) is 4. The first kappa shape index (κ1) is 15.2. The Morgan fingerprint density at radius 1 is 1.05 bits per heavy atom. The summed E-state index contributed by atoms with van der Waals surface area (Å²) in [5.41, 5.74) is 1.46. The third kappa shape index (κ3) is 4.67. The van der Waals surface area contributed by atoms with Crippen molar-refractivity contribution in [1.29, 1.82) is 0 Å². The Hall–Kier alpha value is -1.68. The number of hydrogen-bond acceptors (Lipinski definition) is 3. The molecule has 0 saturated carbocycles. The van der Waals surface area contributed by atoms with Gasteiger partial charge in [0.1, 0.15) is 12.7 Å². The van der Waals surface area contributed by atoms with Gasteiger partial charge in [-0.25, -0.2) is 4.98 Å². The fraction of sp³-hybridized carbons (Fsp3) is 0.556. The molecule has 0 spiro atoms. The predicted molar refractivity (Wildman–Crippen MR) is 88.6 cm³/mol. The van der Waals surface area contributed by atoms with E-state index in [9.17, 15) is 0 Å². The van der Waals surface area contributed by atoms with Gasteiger partial charge in [0.25, 0.3) is 0 Å². The second-order valence-electron chi connectivity index (χ2n) is 6.32. The zero-order valence-electron chi connectivity index (χ0n) is 13.3. The standard InChI is InChI=1S/C18H26N4/c1-2-5-17(6-3-1)7-4-11-21-12-8-18(9-13-21)10-14-22-16-19-15-20-22/h1-3,5-6,15-16,18H,4,7-14H2. The van der Waals surface area contributed by atoms with E-state index < -0.39 is 0 Å². The summed E-state index contributed by atoms with van der Waals surface area (Å²) in [4.78, 5) is 6.63. The van der Waals surface area contributed by atoms with E-state index in [2.05, 4.69) is 45.3 Å². The van der Waals surface area contributed by atoms with Crippen LogP contribution in [0.25, 0.3) is 0 Å². The molecule has 1 aromatic carbocycles. The minimum absolute atomic E-state index is 0.856. The quantitative estimate of drug-likeness (QED) is 0.788. The van der Waals surface area contributed by atoms with E-state index in [1.165, 1.54) is 57.3 Å². The number of rotatable bonds is 7. The minimum atomic E-state index is 0.856. The number of benzene rings is 1. The zero-order valence-corrected chi connectivity index (χ0v) is 13.3. The maximum Gasteiger partial charge on any atom is 0.137 e. The lowest BCUT2D eigenvalue weighted by Gasteiger charge is -2.31. The Kier molecular flexibility index (Phi) is 5.59. The van der Waals surface area contributed by atoms with E-state index in [0.29, 0.717) is 0 Å². The second kappa shape index (κ2) is 8.08. The van der Waals surface area contributed by atoms with Gasteiger partial charge < -0.3 is 4.90 Å². The van der Waals surface area contributed by atoms with Gasteiger partial charge in [-0.05, 0) is 63.2 Å². The third-order valence-corrected chi connectivity index (χ3v) is 4.72. The summed E-state index contributed by atoms with van der Waals surface area (Å²) >= 11 is 0. The van der Waals surface area contributed by atoms with E-state index >= 15 is 0 Å². The average molecular weight is 298 g/mol. The van der Waals surface area contributed by atoms with Gasteiger partial charge in [0.15, 0.2) is 0 Å². The summed E-state index contributed by atoms with van der Waals surface area (Å²) in [6.45, 7) is 4.77. The molecule has 22 heavy (non-hydrogen) atoms. The van der Waals surface area contributed by atoms with Crippen molar-refractivity contribution in [2.75, 3.05) is 19.6 Å². The highest BCUT2D eigenvalue weighted by Gasteiger charge is 2.18. The molecule has 1 fully saturated rings. The molecule has 0 N–H and O–H groups in total. The van der Waals surface area contributed by atoms with Gasteiger partial charge in [-0.2, -0.15) is 5.10 Å². The summed E-state index contributed by atoms with van der Waals surface area (Å²) in [6.07, 6.45) is 9.82. The van der Waals surface area contributed by atoms with Crippen LogP contribution in [0.4, 0.5) is 0 Å². The lowest BCUT2D eigenvalue weighted by Crippen LogP contribution is -2.34. The van der Waals surface area contributed by atoms with Crippen LogP contribution in [-0.2, 0) is 13.0 Å². The van der Waals surface area contributed by atoms with Crippen LogP contribution in [0.2, 0.25) is 0 Å². The molecule has 0 amide bonds. The summed E-state index contributed by atoms with van der Waals surface area (Å²) in [6, 6.07) is 10.8. The molecule has 0 aliphatic carbocycles. The average Bonchev–Trinajstić information content (AvgIpc) is 3.09. The molecule has 3 rings (SSSR count). The molecule has 118 valence electrons. The number of hydrogen-bond donors (Lipinski definition) is 0. The van der Waals surface area contributed by atoms with Crippen molar-refractivity contribution in [3.05, 3.63) is 48.5 Å². The first-order valence-corrected chi connectivity index (χ1v) is 8.49. The van der Waals surface area contributed by atoms with Gasteiger partial charge in [-0.1, -0.05) is 30.3 Å². The number of piperidine rings is 1. The predicted octanol–water partition coefficient (Wildman–Crippen LogP) is 3.01. The van der Waals surface area contributed by atoms with Gasteiger partial charge in [-0.3, -0.25) is 4.68 Å². The Morgan fingerprint density at radius 2 is 1.86 bits per heavy atom. The summed E-state index contributed by atoms with van der Waals surface area (Å²) in [7, 11) is 0. The fourth-order valence-electron chi connectivity index (χ4n) is 3.31. The van der Waals surface area contributed by atoms with Crippen LogP contribution in [0.1, 0.15) is 31.2 Å². The Labute approximate surface area is 133 Å². The van der Waals surface area contributed by atoms with E-state index in [0.717, 1.165) is 12.5 Å². The maximum absolute atomic E-state index is 4.18. The molecule has 0 radical (unpaired) electrons. The molecular formula is C18H26N4. The van der Waals surface area contributed by atoms with E-state index in [1.54, 1.807) is 6.33 Å². The molecule has 1 saturated heterocycles. The van der Waals surface area contributed by atoms with Gasteiger partial charge in [-0.15, -0.1) is 0 Å². The van der Waals surface area contributed by atoms with Gasteiger partial charge >= 0.3 is 0 Å². The van der Waals surface area contributed by atoms with E-state index in [-0.39, 0.29) is 0 Å². The van der Waals surface area contributed by atoms with Crippen LogP contribution < -0.4 is 0 Å². The molecule has 0 atom stereocenters. The molecule has 0 bridgehead atoms. The van der Waals surface area contributed by atoms with E-state index in [1.807, 2.05) is 11.0 Å². The Morgan fingerprint density at radius 3 is 2.59 bits per heavy atom. The molecule has 0 unspecified atom stereocenters. The molecule has 1 aliphatic heterocycles. The molecule has 2 heterocycles. The summed E-state index contributed by atoms with van der Waals surface area (Å²) in [5.74, 6) is 0.856. The number of aryl methyl sites for hydroxylation is 2. The Bertz CT molecular complexity index is 515. The monoisotopic (exact) mass is 298 g/mol. The molecular weight excluding hydrogens is 272 g/mol. The van der Waals surface area contributed by atoms with Crippen molar-refractivity contribution >= 4 is 0 Å². The lowest BCUT2D eigenvalue weighted by atomic mass is 9.93. The van der Waals surface area contributed by atoms with Gasteiger partial charge in [0.2, 0.25) is 0 Å². The van der Waals surface area contributed by atoms with Crippen molar-refractivity contribution in [3.8, 4) is 0 Å². The Balaban J connectivity index is 1.30. The van der Waals surface area contributed by atoms with Crippen molar-refractivity contribution in [2.45, 2.75) is 38.6 Å². The van der Waals surface area contributed by atoms with Crippen LogP contribution in [-0.4, -0.2) is 39.3 Å². The highest BCUT2D eigenvalue weighted by molar-refractivity contribution is 5.14. The maximum atomic E-state index is 4.18. The van der Waals surface area contributed by atoms with Crippen molar-refractivity contribution in [2.24, 2.45) is 5.92 Å². The topological polar surface area (TPSA) is 34.0 Å². The molecule has 1 aliphatic rings. The van der Waals surface area contributed by atoms with Crippen LogP contribution in [0, 0.1) is 5.92 Å². The first-order chi connectivity index (χ1) is 10.9. The van der Waals surface area contributed by atoms with E-state index in [4.69, 9.17) is 0 Å². The highest BCUT2D eigenvalue weighted by atomic mass is 15.3. The molecule has 1 aromatic heterocycles. The highest BCUT2D eigenvalue weighted by Crippen LogP contribution is 2.21. The van der Waals surface area contributed by atoms with Crippen molar-refractivity contribution in [1.82, 2.24) is 19.7 Å². The SMILES string of the molecule is c1ccc(CCCN2CCC(CCn3cncn3)CC2)cc1. The first-order valence-electron chi connectivity index (χ1n) is 8.49. The van der Waals surface area contributed by atoms with Crippen LogP contribution >= 0.6 is 0 Å². The molecule has 4 nitrogen and oxygen atoms in total. The lowest BCUT2D eigenvalue weighted by molar-refractivity contribution is 0.173. The smallest absolute Gasteiger partial charge is 0.137 e. The molecule has 4 heteroatoms. The second-order valence-corrected chi connectivity index (χ2v) is 6.32. The number of likely N-dealkylation sites (tertiary alicyclic amines) is 1. The fourth-order valence-corrected chi connectivity index (χ4v) is 3.31. The normalized spacial score (nSPS) is 16.9.